The minimum absolute atomic E-state index is 0.0591. The summed E-state index contributed by atoms with van der Waals surface area (Å²) in [6.45, 7) is -3.37. The molecular weight excluding hydrogens is 513 g/mol. The Morgan fingerprint density at radius 3 is 2.11 bits per heavy atom. The van der Waals surface area contributed by atoms with E-state index < -0.39 is 90.5 Å². The summed E-state index contributed by atoms with van der Waals surface area (Å²) < 4.78 is 99.0. The SMILES string of the molecule is O=C(O)C[C@H](NC(=O)C1CCN(C(=O)OCC(F)(F)F)CC1)C(=O)COc1c(F)c(F)cc(F)c1F. The van der Waals surface area contributed by atoms with E-state index in [9.17, 15) is 49.9 Å². The molecule has 0 bridgehead atoms. The zero-order valence-electron chi connectivity index (χ0n) is 18.2. The first-order valence-corrected chi connectivity index (χ1v) is 10.2. The summed E-state index contributed by atoms with van der Waals surface area (Å²) in [5.74, 6) is -13.5. The third kappa shape index (κ3) is 7.98. The number of Topliss-reactive ketones (excluding diaryl/α,β-unsaturated/α-hetero) is 1. The van der Waals surface area contributed by atoms with Gasteiger partial charge < -0.3 is 24.8 Å². The fraction of sp³-hybridized carbons (Fsp3) is 0.500. The number of halogens is 7. The lowest BCUT2D eigenvalue weighted by Crippen LogP contribution is -2.49. The molecule has 0 saturated carbocycles. The predicted molar refractivity (Wildman–Crippen MR) is 103 cm³/mol. The molecule has 1 aliphatic heterocycles. The van der Waals surface area contributed by atoms with Crippen LogP contribution in [0.5, 0.6) is 5.75 Å². The van der Waals surface area contributed by atoms with Gasteiger partial charge in [-0.15, -0.1) is 0 Å². The van der Waals surface area contributed by atoms with E-state index in [1.54, 1.807) is 0 Å². The van der Waals surface area contributed by atoms with Crippen molar-refractivity contribution < 1.29 is 64.5 Å². The lowest BCUT2D eigenvalue weighted by atomic mass is 9.95. The van der Waals surface area contributed by atoms with E-state index >= 15 is 0 Å². The van der Waals surface area contributed by atoms with Crippen molar-refractivity contribution in [2.75, 3.05) is 26.3 Å². The molecule has 1 fully saturated rings. The molecule has 1 aromatic carbocycles. The van der Waals surface area contributed by atoms with Crippen LogP contribution in [0.25, 0.3) is 0 Å². The molecule has 1 heterocycles. The Hall–Kier alpha value is -3.59. The average Bonchev–Trinajstić information content (AvgIpc) is 2.80. The number of ketones is 1. The van der Waals surface area contributed by atoms with Crippen LogP contribution in [-0.4, -0.2) is 72.3 Å². The summed E-state index contributed by atoms with van der Waals surface area (Å²) in [6, 6.07) is -1.84. The average molecular weight is 532 g/mol. The van der Waals surface area contributed by atoms with Crippen LogP contribution in [-0.2, 0) is 19.1 Å². The molecular formula is C20H19F7N2O7. The molecule has 200 valence electrons. The number of alkyl halides is 3. The van der Waals surface area contributed by atoms with Crippen LogP contribution in [0.1, 0.15) is 19.3 Å². The molecule has 1 atom stereocenters. The highest BCUT2D eigenvalue weighted by Crippen LogP contribution is 2.26. The molecule has 0 aromatic heterocycles. The number of likely N-dealkylation sites (tertiary alicyclic amines) is 1. The Bertz CT molecular complexity index is 985. The normalized spacial score (nSPS) is 15.2. The topological polar surface area (TPSA) is 122 Å². The van der Waals surface area contributed by atoms with Gasteiger partial charge in [-0.25, -0.2) is 13.6 Å². The van der Waals surface area contributed by atoms with Crippen molar-refractivity contribution in [1.82, 2.24) is 10.2 Å². The van der Waals surface area contributed by atoms with Gasteiger partial charge in [0.25, 0.3) is 0 Å². The number of rotatable bonds is 9. The predicted octanol–water partition coefficient (Wildman–Crippen LogP) is 2.56. The second kappa shape index (κ2) is 11.9. The fourth-order valence-corrected chi connectivity index (χ4v) is 3.19. The Morgan fingerprint density at radius 2 is 1.61 bits per heavy atom. The third-order valence-electron chi connectivity index (χ3n) is 5.00. The lowest BCUT2D eigenvalue weighted by molar-refractivity contribution is -0.162. The van der Waals surface area contributed by atoms with Crippen molar-refractivity contribution in [2.45, 2.75) is 31.5 Å². The molecule has 1 aliphatic rings. The van der Waals surface area contributed by atoms with Crippen molar-refractivity contribution in [2.24, 2.45) is 5.92 Å². The van der Waals surface area contributed by atoms with E-state index in [0.29, 0.717) is 0 Å². The number of piperidine rings is 1. The Labute approximate surface area is 198 Å². The van der Waals surface area contributed by atoms with Crippen molar-refractivity contribution in [3.63, 3.8) is 0 Å². The monoisotopic (exact) mass is 532 g/mol. The number of amides is 2. The number of hydrogen-bond acceptors (Lipinski definition) is 6. The van der Waals surface area contributed by atoms with Crippen molar-refractivity contribution in [3.8, 4) is 5.75 Å². The molecule has 2 amide bonds. The smallest absolute Gasteiger partial charge is 0.422 e. The van der Waals surface area contributed by atoms with Crippen LogP contribution in [0.4, 0.5) is 35.5 Å². The number of nitrogens with one attached hydrogen (secondary N) is 1. The minimum Gasteiger partial charge on any atom is -0.481 e. The number of aliphatic carboxylic acids is 1. The van der Waals surface area contributed by atoms with Gasteiger partial charge in [-0.1, -0.05) is 0 Å². The first-order chi connectivity index (χ1) is 16.7. The summed E-state index contributed by atoms with van der Waals surface area (Å²) >= 11 is 0. The van der Waals surface area contributed by atoms with Crippen LogP contribution < -0.4 is 10.1 Å². The Morgan fingerprint density at radius 1 is 1.06 bits per heavy atom. The number of ether oxygens (including phenoxy) is 2. The number of benzene rings is 1. The molecule has 0 spiro atoms. The molecule has 0 unspecified atom stereocenters. The highest BCUT2D eigenvalue weighted by molar-refractivity contribution is 5.93. The van der Waals surface area contributed by atoms with Gasteiger partial charge in [-0.3, -0.25) is 14.4 Å². The standard InChI is InChI=1S/C20H19F7N2O7/c21-10-5-11(22)16(24)17(15(10)23)35-7-13(30)12(6-14(31)32)28-18(33)9-1-3-29(4-2-9)19(34)36-8-20(25,26)27/h5,9,12H,1-4,6-8H2,(H,28,33)(H,31,32)/t12-/m0/s1. The van der Waals surface area contributed by atoms with Gasteiger partial charge in [0, 0.05) is 25.1 Å². The minimum atomic E-state index is -4.72. The first-order valence-electron chi connectivity index (χ1n) is 10.2. The quantitative estimate of drug-likeness (QED) is 0.370. The molecule has 1 aromatic rings. The van der Waals surface area contributed by atoms with Gasteiger partial charge in [0.05, 0.1) is 6.42 Å². The van der Waals surface area contributed by atoms with Crippen molar-refractivity contribution in [1.29, 1.82) is 0 Å². The second-order valence-corrected chi connectivity index (χ2v) is 7.64. The molecule has 36 heavy (non-hydrogen) atoms. The van der Waals surface area contributed by atoms with Crippen LogP contribution in [0.3, 0.4) is 0 Å². The number of carboxylic acids is 1. The largest absolute Gasteiger partial charge is 0.481 e. The maximum atomic E-state index is 13.7. The van der Waals surface area contributed by atoms with E-state index in [4.69, 9.17) is 5.11 Å². The number of hydrogen-bond donors (Lipinski definition) is 2. The highest BCUT2D eigenvalue weighted by Gasteiger charge is 2.34. The van der Waals surface area contributed by atoms with E-state index in [2.05, 4.69) is 14.8 Å². The number of carbonyl (C=O) groups is 4. The number of nitrogens with zero attached hydrogens (tertiary/aromatic N) is 1. The molecule has 0 radical (unpaired) electrons. The van der Waals surface area contributed by atoms with Crippen molar-refractivity contribution >= 4 is 23.8 Å². The maximum Gasteiger partial charge on any atom is 0.422 e. The van der Waals surface area contributed by atoms with Crippen LogP contribution in [0, 0.1) is 29.2 Å². The van der Waals surface area contributed by atoms with Crippen molar-refractivity contribution in [3.05, 3.63) is 29.3 Å². The zero-order valence-corrected chi connectivity index (χ0v) is 18.2. The van der Waals surface area contributed by atoms with Crippen LogP contribution in [0.2, 0.25) is 0 Å². The molecule has 2 N–H and O–H groups in total. The van der Waals surface area contributed by atoms with Gasteiger partial charge in [0.15, 0.2) is 29.8 Å². The number of carbonyl (C=O) groups excluding carboxylic acids is 3. The van der Waals surface area contributed by atoms with Gasteiger partial charge in [0.2, 0.25) is 17.5 Å². The van der Waals surface area contributed by atoms with E-state index in [1.165, 1.54) is 0 Å². The van der Waals surface area contributed by atoms with Crippen LogP contribution in [0.15, 0.2) is 6.07 Å². The molecule has 9 nitrogen and oxygen atoms in total. The van der Waals surface area contributed by atoms with Crippen LogP contribution >= 0.6 is 0 Å². The highest BCUT2D eigenvalue weighted by atomic mass is 19.4. The summed E-state index contributed by atoms with van der Waals surface area (Å²) in [6.07, 6.45) is -7.05. The van der Waals surface area contributed by atoms with E-state index in [0.717, 1.165) is 4.90 Å². The molecule has 1 saturated heterocycles. The van der Waals surface area contributed by atoms with Gasteiger partial charge in [-0.05, 0) is 12.8 Å². The summed E-state index contributed by atoms with van der Waals surface area (Å²) in [4.78, 5) is 48.6. The fourth-order valence-electron chi connectivity index (χ4n) is 3.19. The maximum absolute atomic E-state index is 13.7. The third-order valence-corrected chi connectivity index (χ3v) is 5.00. The Kier molecular flexibility index (Phi) is 9.47. The van der Waals surface area contributed by atoms with Gasteiger partial charge in [-0.2, -0.15) is 22.0 Å². The summed E-state index contributed by atoms with van der Waals surface area (Å²) in [7, 11) is 0. The molecule has 0 aliphatic carbocycles. The van der Waals surface area contributed by atoms with E-state index in [-0.39, 0.29) is 32.0 Å². The number of carboxylic acid groups (broad SMARTS) is 1. The first kappa shape index (κ1) is 28.6. The summed E-state index contributed by atoms with van der Waals surface area (Å²) in [5, 5.41) is 11.1. The lowest BCUT2D eigenvalue weighted by Gasteiger charge is -2.31. The van der Waals surface area contributed by atoms with Gasteiger partial charge in [0.1, 0.15) is 12.6 Å². The van der Waals surface area contributed by atoms with E-state index in [1.807, 2.05) is 0 Å². The zero-order chi connectivity index (χ0) is 27.2. The second-order valence-electron chi connectivity index (χ2n) is 7.64. The van der Waals surface area contributed by atoms with Gasteiger partial charge >= 0.3 is 18.2 Å². The Balaban J connectivity index is 1.96. The molecule has 2 rings (SSSR count). The summed E-state index contributed by atoms with van der Waals surface area (Å²) in [5.41, 5.74) is 0. The molecule has 16 heteroatoms.